The molecular weight excluding hydrogens is 356 g/mol. The second-order valence-corrected chi connectivity index (χ2v) is 5.92. The molecule has 0 saturated carbocycles. The van der Waals surface area contributed by atoms with Gasteiger partial charge in [-0.2, -0.15) is 0 Å². The number of esters is 1. The number of para-hydroxylation sites is 1. The van der Waals surface area contributed by atoms with Crippen LogP contribution in [-0.4, -0.2) is 24.0 Å². The molecule has 0 atom stereocenters. The average molecular weight is 380 g/mol. The third kappa shape index (κ3) is 4.46. The van der Waals surface area contributed by atoms with E-state index in [1.54, 1.807) is 18.2 Å². The van der Waals surface area contributed by atoms with Crippen molar-refractivity contribution in [2.75, 3.05) is 7.11 Å². The van der Waals surface area contributed by atoms with Gasteiger partial charge >= 0.3 is 5.97 Å². The molecule has 0 unspecified atom stereocenters. The molecule has 6 heteroatoms. The van der Waals surface area contributed by atoms with E-state index in [1.807, 2.05) is 45.0 Å². The molecule has 0 bridgehead atoms. The van der Waals surface area contributed by atoms with Gasteiger partial charge in [-0.05, 0) is 24.6 Å². The van der Waals surface area contributed by atoms with Gasteiger partial charge in [0.25, 0.3) is 5.91 Å². The number of aromatic amines is 1. The lowest BCUT2D eigenvalue weighted by molar-refractivity contribution is 0.0602. The van der Waals surface area contributed by atoms with Crippen LogP contribution in [0.1, 0.15) is 45.7 Å². The van der Waals surface area contributed by atoms with E-state index in [2.05, 4.69) is 10.3 Å². The van der Waals surface area contributed by atoms with Gasteiger partial charge in [-0.3, -0.25) is 9.59 Å². The number of carbonyl (C=O) groups is 2. The number of amides is 1. The van der Waals surface area contributed by atoms with Gasteiger partial charge in [0.15, 0.2) is 0 Å². The zero-order chi connectivity index (χ0) is 20.7. The van der Waals surface area contributed by atoms with Gasteiger partial charge in [0.2, 0.25) is 5.43 Å². The Morgan fingerprint density at radius 2 is 1.71 bits per heavy atom. The number of hydrogen-bond acceptors (Lipinski definition) is 4. The molecule has 2 aromatic carbocycles. The standard InChI is InChI=1S/C20H18N2O4.C2H6/c1-12-6-8-13(9-7-12)10-22-19(24)16-11-21-17-14(18(16)23)4-3-5-15(17)20(25)26-2;1-2/h3-9,11H,10H2,1-2H3,(H,21,23)(H,22,24);1-2H3. The number of H-pyrrole nitrogens is 1. The molecule has 0 saturated heterocycles. The van der Waals surface area contributed by atoms with Crippen LogP contribution in [0, 0.1) is 6.92 Å². The SMILES string of the molecule is CC.COC(=O)c1cccc2c(=O)c(C(=O)NCc3ccc(C)cc3)c[nH]c12. The summed E-state index contributed by atoms with van der Waals surface area (Å²) in [5.41, 5.74) is 2.22. The monoisotopic (exact) mass is 380 g/mol. The summed E-state index contributed by atoms with van der Waals surface area (Å²) in [4.78, 5) is 39.7. The third-order valence-corrected chi connectivity index (χ3v) is 4.14. The average Bonchev–Trinajstić information content (AvgIpc) is 2.74. The van der Waals surface area contributed by atoms with E-state index in [9.17, 15) is 14.4 Å². The Bertz CT molecular complexity index is 1040. The smallest absolute Gasteiger partial charge is 0.339 e. The topological polar surface area (TPSA) is 88.3 Å². The lowest BCUT2D eigenvalue weighted by atomic mass is 10.1. The minimum Gasteiger partial charge on any atom is -0.465 e. The van der Waals surface area contributed by atoms with Crippen molar-refractivity contribution >= 4 is 22.8 Å². The second kappa shape index (κ2) is 9.50. The highest BCUT2D eigenvalue weighted by atomic mass is 16.5. The predicted molar refractivity (Wildman–Crippen MR) is 110 cm³/mol. The minimum absolute atomic E-state index is 0.00775. The summed E-state index contributed by atoms with van der Waals surface area (Å²) in [6, 6.07) is 12.5. The highest BCUT2D eigenvalue weighted by Crippen LogP contribution is 2.15. The molecule has 1 amide bonds. The Morgan fingerprint density at radius 1 is 1.04 bits per heavy atom. The first kappa shape index (κ1) is 20.9. The van der Waals surface area contributed by atoms with Crippen molar-refractivity contribution in [3.63, 3.8) is 0 Å². The Labute approximate surface area is 163 Å². The quantitative estimate of drug-likeness (QED) is 0.677. The largest absolute Gasteiger partial charge is 0.465 e. The number of carbonyl (C=O) groups excluding carboxylic acids is 2. The van der Waals surface area contributed by atoms with Gasteiger partial charge in [0, 0.05) is 18.1 Å². The van der Waals surface area contributed by atoms with Crippen molar-refractivity contribution in [1.29, 1.82) is 0 Å². The molecule has 6 nitrogen and oxygen atoms in total. The van der Waals surface area contributed by atoms with E-state index in [0.717, 1.165) is 11.1 Å². The van der Waals surface area contributed by atoms with Crippen LogP contribution in [0.25, 0.3) is 10.9 Å². The first-order valence-corrected chi connectivity index (χ1v) is 9.07. The molecule has 3 aromatic rings. The highest BCUT2D eigenvalue weighted by molar-refractivity contribution is 6.04. The molecule has 0 fully saturated rings. The maximum atomic E-state index is 12.7. The van der Waals surface area contributed by atoms with E-state index in [1.165, 1.54) is 13.3 Å². The van der Waals surface area contributed by atoms with Crippen molar-refractivity contribution in [2.45, 2.75) is 27.3 Å². The number of aryl methyl sites for hydroxylation is 1. The van der Waals surface area contributed by atoms with Crippen LogP contribution in [0.2, 0.25) is 0 Å². The van der Waals surface area contributed by atoms with Crippen molar-refractivity contribution in [1.82, 2.24) is 10.3 Å². The number of benzene rings is 2. The van der Waals surface area contributed by atoms with E-state index in [-0.39, 0.29) is 16.5 Å². The van der Waals surface area contributed by atoms with Gasteiger partial charge in [0.1, 0.15) is 5.56 Å². The van der Waals surface area contributed by atoms with E-state index in [0.29, 0.717) is 12.1 Å². The lowest BCUT2D eigenvalue weighted by Crippen LogP contribution is -2.28. The molecule has 28 heavy (non-hydrogen) atoms. The van der Waals surface area contributed by atoms with Crippen LogP contribution in [0.3, 0.4) is 0 Å². The lowest BCUT2D eigenvalue weighted by Gasteiger charge is -2.08. The van der Waals surface area contributed by atoms with Gasteiger partial charge in [0.05, 0.1) is 18.2 Å². The minimum atomic E-state index is -0.553. The van der Waals surface area contributed by atoms with E-state index < -0.39 is 17.3 Å². The van der Waals surface area contributed by atoms with Crippen molar-refractivity contribution in [3.8, 4) is 0 Å². The summed E-state index contributed by atoms with van der Waals surface area (Å²) in [5.74, 6) is -1.03. The molecular formula is C22H24N2O4. The van der Waals surface area contributed by atoms with Crippen LogP contribution >= 0.6 is 0 Å². The maximum Gasteiger partial charge on any atom is 0.339 e. The molecule has 0 aliphatic carbocycles. The molecule has 1 aromatic heterocycles. The van der Waals surface area contributed by atoms with Gasteiger partial charge in [-0.1, -0.05) is 49.7 Å². The number of rotatable bonds is 4. The highest BCUT2D eigenvalue weighted by Gasteiger charge is 2.17. The van der Waals surface area contributed by atoms with Crippen molar-refractivity contribution < 1.29 is 14.3 Å². The van der Waals surface area contributed by atoms with Crippen LogP contribution in [0.15, 0.2) is 53.5 Å². The fourth-order valence-corrected chi connectivity index (χ4v) is 2.68. The van der Waals surface area contributed by atoms with Crippen molar-refractivity contribution in [3.05, 3.63) is 81.1 Å². The Kier molecular flexibility index (Phi) is 7.09. The van der Waals surface area contributed by atoms with E-state index >= 15 is 0 Å². The Hall–Kier alpha value is -3.41. The molecule has 0 aliphatic rings. The number of ether oxygens (including phenoxy) is 1. The Balaban J connectivity index is 0.00000136. The molecule has 0 aliphatic heterocycles. The molecule has 1 heterocycles. The first-order valence-electron chi connectivity index (χ1n) is 9.07. The third-order valence-electron chi connectivity index (χ3n) is 4.14. The summed E-state index contributed by atoms with van der Waals surface area (Å²) in [6.07, 6.45) is 1.32. The second-order valence-electron chi connectivity index (χ2n) is 5.92. The zero-order valence-corrected chi connectivity index (χ0v) is 16.5. The molecule has 3 rings (SSSR count). The predicted octanol–water partition coefficient (Wildman–Crippen LogP) is 3.58. The van der Waals surface area contributed by atoms with Crippen molar-refractivity contribution in [2.24, 2.45) is 0 Å². The fraction of sp³-hybridized carbons (Fsp3) is 0.227. The van der Waals surface area contributed by atoms with Gasteiger partial charge < -0.3 is 15.0 Å². The fourth-order valence-electron chi connectivity index (χ4n) is 2.68. The summed E-state index contributed by atoms with van der Waals surface area (Å²) < 4.78 is 4.72. The van der Waals surface area contributed by atoms with Crippen LogP contribution in [0.4, 0.5) is 0 Å². The van der Waals surface area contributed by atoms with E-state index in [4.69, 9.17) is 4.74 Å². The first-order chi connectivity index (χ1) is 13.5. The summed E-state index contributed by atoms with van der Waals surface area (Å²) in [7, 11) is 1.27. The Morgan fingerprint density at radius 3 is 2.36 bits per heavy atom. The molecule has 2 N–H and O–H groups in total. The molecule has 0 radical (unpaired) electrons. The zero-order valence-electron chi connectivity index (χ0n) is 16.5. The summed E-state index contributed by atoms with van der Waals surface area (Å²) >= 11 is 0. The molecule has 0 spiro atoms. The van der Waals surface area contributed by atoms with Gasteiger partial charge in [-0.25, -0.2) is 4.79 Å². The van der Waals surface area contributed by atoms with Crippen LogP contribution in [-0.2, 0) is 11.3 Å². The summed E-state index contributed by atoms with van der Waals surface area (Å²) in [6.45, 7) is 6.30. The van der Waals surface area contributed by atoms with Crippen LogP contribution < -0.4 is 10.7 Å². The number of hydrogen-bond donors (Lipinski definition) is 2. The number of nitrogens with one attached hydrogen (secondary N) is 2. The number of pyridine rings is 1. The normalized spacial score (nSPS) is 10.0. The number of aromatic nitrogens is 1. The maximum absolute atomic E-state index is 12.7. The van der Waals surface area contributed by atoms with Gasteiger partial charge in [-0.15, -0.1) is 0 Å². The summed E-state index contributed by atoms with van der Waals surface area (Å²) in [5, 5.41) is 3.00. The number of methoxy groups -OCH3 is 1. The number of fused-ring (bicyclic) bond motifs is 1. The molecule has 146 valence electrons. The van der Waals surface area contributed by atoms with Crippen LogP contribution in [0.5, 0.6) is 0 Å².